The number of benzene rings is 1. The first kappa shape index (κ1) is 13.2. The van der Waals surface area contributed by atoms with Crippen molar-refractivity contribution >= 4 is 28.9 Å². The quantitative estimate of drug-likeness (QED) is 0.826. The van der Waals surface area contributed by atoms with Gasteiger partial charge in [-0.1, -0.05) is 24.4 Å². The van der Waals surface area contributed by atoms with Crippen LogP contribution >= 0.6 is 11.6 Å². The van der Waals surface area contributed by atoms with E-state index in [1.54, 1.807) is 18.2 Å². The first-order valence-electron chi connectivity index (χ1n) is 6.11. The smallest absolute Gasteiger partial charge is 0.250 e. The molecule has 2 rings (SSSR count). The van der Waals surface area contributed by atoms with Crippen LogP contribution in [0.2, 0.25) is 5.02 Å². The number of nitrogens with one attached hydrogen (secondary N) is 1. The van der Waals surface area contributed by atoms with Crippen molar-refractivity contribution in [2.45, 2.75) is 31.8 Å². The molecule has 3 N–H and O–H groups in total. The van der Waals surface area contributed by atoms with E-state index in [0.29, 0.717) is 16.4 Å². The molecule has 4 nitrogen and oxygen atoms in total. The van der Waals surface area contributed by atoms with Gasteiger partial charge in [-0.15, -0.1) is 0 Å². The van der Waals surface area contributed by atoms with Gasteiger partial charge in [0.2, 0.25) is 5.91 Å². The van der Waals surface area contributed by atoms with Crippen LogP contribution in [0.1, 0.15) is 25.7 Å². The van der Waals surface area contributed by atoms with Crippen molar-refractivity contribution in [3.8, 4) is 0 Å². The summed E-state index contributed by atoms with van der Waals surface area (Å²) >= 11 is 5.97. The fourth-order valence-electron chi connectivity index (χ4n) is 2.07. The van der Waals surface area contributed by atoms with Gasteiger partial charge in [0, 0.05) is 5.69 Å². The summed E-state index contributed by atoms with van der Waals surface area (Å²) in [5.74, 6) is -0.187. The van der Waals surface area contributed by atoms with E-state index in [9.17, 15) is 4.79 Å². The highest BCUT2D eigenvalue weighted by molar-refractivity contribution is 6.34. The van der Waals surface area contributed by atoms with Crippen LogP contribution in [0.5, 0.6) is 0 Å². The predicted octanol–water partition coefficient (Wildman–Crippen LogP) is 2.82. The molecule has 1 aliphatic rings. The minimum Gasteiger partial charge on any atom is -0.399 e. The number of amides is 1. The number of nitrogen functional groups attached to an aromatic ring is 1. The van der Waals surface area contributed by atoms with E-state index in [-0.39, 0.29) is 18.6 Å². The Morgan fingerprint density at radius 3 is 2.83 bits per heavy atom. The van der Waals surface area contributed by atoms with Crippen molar-refractivity contribution in [2.24, 2.45) is 0 Å². The minimum atomic E-state index is -0.187. The molecule has 0 atom stereocenters. The Balaban J connectivity index is 1.82. The topological polar surface area (TPSA) is 64.3 Å². The fraction of sp³-hybridized carbons (Fsp3) is 0.462. The van der Waals surface area contributed by atoms with Crippen molar-refractivity contribution in [1.82, 2.24) is 0 Å². The Kier molecular flexibility index (Phi) is 4.44. The second-order valence-electron chi connectivity index (χ2n) is 4.50. The lowest BCUT2D eigenvalue weighted by atomic mass is 10.3. The van der Waals surface area contributed by atoms with Crippen LogP contribution in [0, 0.1) is 0 Å². The summed E-state index contributed by atoms with van der Waals surface area (Å²) < 4.78 is 5.52. The van der Waals surface area contributed by atoms with Gasteiger partial charge >= 0.3 is 0 Å². The molecule has 0 bridgehead atoms. The molecule has 98 valence electrons. The van der Waals surface area contributed by atoms with Crippen LogP contribution in [0.4, 0.5) is 11.4 Å². The van der Waals surface area contributed by atoms with E-state index in [1.807, 2.05) is 0 Å². The molecule has 0 saturated heterocycles. The van der Waals surface area contributed by atoms with Crippen molar-refractivity contribution in [2.75, 3.05) is 17.7 Å². The van der Waals surface area contributed by atoms with E-state index < -0.39 is 0 Å². The van der Waals surface area contributed by atoms with Crippen molar-refractivity contribution in [3.63, 3.8) is 0 Å². The number of carbonyl (C=O) groups is 1. The summed E-state index contributed by atoms with van der Waals surface area (Å²) in [7, 11) is 0. The minimum absolute atomic E-state index is 0.0748. The number of hydrogen-bond acceptors (Lipinski definition) is 3. The van der Waals surface area contributed by atoms with Crippen molar-refractivity contribution in [1.29, 1.82) is 0 Å². The van der Waals surface area contributed by atoms with Crippen LogP contribution in [-0.4, -0.2) is 18.6 Å². The number of ether oxygens (including phenoxy) is 1. The molecule has 1 aromatic carbocycles. The van der Waals surface area contributed by atoms with E-state index >= 15 is 0 Å². The second-order valence-corrected chi connectivity index (χ2v) is 4.91. The highest BCUT2D eigenvalue weighted by Crippen LogP contribution is 2.24. The first-order valence-corrected chi connectivity index (χ1v) is 6.49. The fourth-order valence-corrected chi connectivity index (χ4v) is 2.30. The molecule has 1 saturated carbocycles. The molecule has 1 aromatic rings. The first-order chi connectivity index (χ1) is 8.65. The molecule has 1 amide bonds. The van der Waals surface area contributed by atoms with E-state index in [4.69, 9.17) is 22.1 Å². The Hall–Kier alpha value is -1.26. The standard InChI is InChI=1S/C13H17ClN2O2/c14-11-7-9(15)5-6-12(11)16-13(17)8-18-10-3-1-2-4-10/h5-7,10H,1-4,8,15H2,(H,16,17). The van der Waals surface area contributed by atoms with Gasteiger partial charge in [0.1, 0.15) is 6.61 Å². The van der Waals surface area contributed by atoms with E-state index in [1.165, 1.54) is 12.8 Å². The van der Waals surface area contributed by atoms with Crippen LogP contribution in [0.3, 0.4) is 0 Å². The van der Waals surface area contributed by atoms with Gasteiger partial charge in [0.25, 0.3) is 0 Å². The predicted molar refractivity (Wildman–Crippen MR) is 72.7 cm³/mol. The molecule has 0 aliphatic heterocycles. The number of nitrogens with two attached hydrogens (primary N) is 1. The van der Waals surface area contributed by atoms with E-state index in [2.05, 4.69) is 5.32 Å². The molecule has 0 aromatic heterocycles. The summed E-state index contributed by atoms with van der Waals surface area (Å²) in [5, 5.41) is 3.14. The second kappa shape index (κ2) is 6.07. The number of hydrogen-bond donors (Lipinski definition) is 2. The average molecular weight is 269 g/mol. The number of anilines is 2. The molecular formula is C13H17ClN2O2. The number of carbonyl (C=O) groups excluding carboxylic acids is 1. The highest BCUT2D eigenvalue weighted by Gasteiger charge is 2.16. The lowest BCUT2D eigenvalue weighted by Gasteiger charge is -2.12. The zero-order chi connectivity index (χ0) is 13.0. The van der Waals surface area contributed by atoms with Gasteiger partial charge in [-0.3, -0.25) is 4.79 Å². The summed E-state index contributed by atoms with van der Waals surface area (Å²) in [6.07, 6.45) is 4.72. The van der Waals surface area contributed by atoms with Crippen molar-refractivity contribution in [3.05, 3.63) is 23.2 Å². The lowest BCUT2D eigenvalue weighted by Crippen LogP contribution is -2.22. The highest BCUT2D eigenvalue weighted by atomic mass is 35.5. The third kappa shape index (κ3) is 3.62. The molecule has 1 fully saturated rings. The van der Waals surface area contributed by atoms with Crippen LogP contribution < -0.4 is 11.1 Å². The Labute approximate surface area is 111 Å². The molecule has 0 heterocycles. The molecule has 1 aliphatic carbocycles. The Morgan fingerprint density at radius 2 is 2.17 bits per heavy atom. The zero-order valence-electron chi connectivity index (χ0n) is 10.1. The van der Waals surface area contributed by atoms with Gasteiger partial charge < -0.3 is 15.8 Å². The SMILES string of the molecule is Nc1ccc(NC(=O)COC2CCCC2)c(Cl)c1. The van der Waals surface area contributed by atoms with Gasteiger partial charge in [0.05, 0.1) is 16.8 Å². The largest absolute Gasteiger partial charge is 0.399 e. The molecule has 0 radical (unpaired) electrons. The van der Waals surface area contributed by atoms with Gasteiger partial charge in [-0.2, -0.15) is 0 Å². The van der Waals surface area contributed by atoms with Gasteiger partial charge in [-0.05, 0) is 31.0 Å². The maximum atomic E-state index is 11.7. The normalized spacial score (nSPS) is 15.8. The number of halogens is 1. The molecule has 18 heavy (non-hydrogen) atoms. The average Bonchev–Trinajstić information content (AvgIpc) is 2.83. The maximum absolute atomic E-state index is 11.7. The van der Waals surface area contributed by atoms with Gasteiger partial charge in [-0.25, -0.2) is 0 Å². The zero-order valence-corrected chi connectivity index (χ0v) is 10.9. The van der Waals surface area contributed by atoms with Gasteiger partial charge in [0.15, 0.2) is 0 Å². The molecule has 0 unspecified atom stereocenters. The third-order valence-electron chi connectivity index (χ3n) is 3.02. The lowest BCUT2D eigenvalue weighted by molar-refractivity contribution is -0.122. The summed E-state index contributed by atoms with van der Waals surface area (Å²) in [6.45, 7) is 0.0748. The van der Waals surface area contributed by atoms with E-state index in [0.717, 1.165) is 12.8 Å². The van der Waals surface area contributed by atoms with Crippen LogP contribution in [0.25, 0.3) is 0 Å². The van der Waals surface area contributed by atoms with Crippen LogP contribution in [-0.2, 0) is 9.53 Å². The maximum Gasteiger partial charge on any atom is 0.250 e. The molecular weight excluding hydrogens is 252 g/mol. The van der Waals surface area contributed by atoms with Crippen LogP contribution in [0.15, 0.2) is 18.2 Å². The molecule has 5 heteroatoms. The Bertz CT molecular complexity index is 431. The summed E-state index contributed by atoms with van der Waals surface area (Å²) in [5.41, 5.74) is 6.71. The summed E-state index contributed by atoms with van der Waals surface area (Å²) in [4.78, 5) is 11.7. The Morgan fingerprint density at radius 1 is 1.44 bits per heavy atom. The van der Waals surface area contributed by atoms with Crippen molar-refractivity contribution < 1.29 is 9.53 Å². The molecule has 0 spiro atoms. The monoisotopic (exact) mass is 268 g/mol. The third-order valence-corrected chi connectivity index (χ3v) is 3.33. The number of rotatable bonds is 4. The summed E-state index contributed by atoms with van der Waals surface area (Å²) in [6, 6.07) is 4.99.